The number of piperazine rings is 1. The molecular formula is C22H30N4O. The summed E-state index contributed by atoms with van der Waals surface area (Å²) >= 11 is 0. The summed E-state index contributed by atoms with van der Waals surface area (Å²) in [5, 5.41) is 8.52. The molecule has 144 valence electrons. The number of anilines is 1. The topological polar surface area (TPSA) is 49.3 Å². The summed E-state index contributed by atoms with van der Waals surface area (Å²) in [5.74, 6) is 1.59. The first-order valence-corrected chi connectivity index (χ1v) is 9.80. The number of aryl methyl sites for hydroxylation is 1. The van der Waals surface area contributed by atoms with Gasteiger partial charge in [-0.15, -0.1) is 5.10 Å². The minimum Gasteiger partial charge on any atom is -0.346 e. The van der Waals surface area contributed by atoms with E-state index in [4.69, 9.17) is 0 Å². The molecule has 0 bridgehead atoms. The Labute approximate surface area is 162 Å². The Kier molecular flexibility index (Phi) is 5.78. The van der Waals surface area contributed by atoms with E-state index in [0.29, 0.717) is 25.4 Å². The van der Waals surface area contributed by atoms with Gasteiger partial charge in [-0.25, -0.2) is 0 Å². The predicted molar refractivity (Wildman–Crippen MR) is 109 cm³/mol. The molecule has 0 saturated carbocycles. The van der Waals surface area contributed by atoms with Crippen LogP contribution in [0.25, 0.3) is 0 Å². The maximum Gasteiger partial charge on any atom is 0.227 e. The summed E-state index contributed by atoms with van der Waals surface area (Å²) in [7, 11) is 0. The van der Waals surface area contributed by atoms with E-state index >= 15 is 0 Å². The van der Waals surface area contributed by atoms with Gasteiger partial charge in [-0.1, -0.05) is 38.1 Å². The van der Waals surface area contributed by atoms with Crippen molar-refractivity contribution in [3.8, 4) is 0 Å². The Bertz CT molecular complexity index is 758. The largest absolute Gasteiger partial charge is 0.346 e. The van der Waals surface area contributed by atoms with Crippen molar-refractivity contribution in [2.24, 2.45) is 0 Å². The number of hydrogen-bond acceptors (Lipinski definition) is 4. The molecule has 1 amide bonds. The van der Waals surface area contributed by atoms with Gasteiger partial charge in [-0.3, -0.25) is 4.79 Å². The zero-order valence-corrected chi connectivity index (χ0v) is 17.0. The van der Waals surface area contributed by atoms with Crippen molar-refractivity contribution in [1.82, 2.24) is 15.1 Å². The van der Waals surface area contributed by atoms with E-state index in [9.17, 15) is 4.79 Å². The lowest BCUT2D eigenvalue weighted by molar-refractivity contribution is -0.131. The quantitative estimate of drug-likeness (QED) is 0.830. The minimum absolute atomic E-state index is 0.195. The van der Waals surface area contributed by atoms with E-state index < -0.39 is 0 Å². The molecule has 0 unspecified atom stereocenters. The number of nitrogens with zero attached hydrogens (tertiary/aromatic N) is 4. The normalized spacial score (nSPS) is 20.2. The zero-order valence-electron chi connectivity index (χ0n) is 17.0. The highest BCUT2D eigenvalue weighted by Gasteiger charge is 2.32. The van der Waals surface area contributed by atoms with Crippen molar-refractivity contribution >= 4 is 11.7 Å². The van der Waals surface area contributed by atoms with E-state index in [1.54, 1.807) is 0 Å². The molecule has 5 nitrogen and oxygen atoms in total. The molecule has 0 radical (unpaired) electrons. The van der Waals surface area contributed by atoms with Crippen molar-refractivity contribution in [2.75, 3.05) is 18.0 Å². The van der Waals surface area contributed by atoms with Crippen LogP contribution in [0.15, 0.2) is 36.4 Å². The van der Waals surface area contributed by atoms with Crippen molar-refractivity contribution in [2.45, 2.75) is 59.0 Å². The number of rotatable bonds is 4. The average molecular weight is 367 g/mol. The highest BCUT2D eigenvalue weighted by molar-refractivity contribution is 5.79. The second-order valence-corrected chi connectivity index (χ2v) is 8.01. The molecule has 1 fully saturated rings. The summed E-state index contributed by atoms with van der Waals surface area (Å²) < 4.78 is 0. The monoisotopic (exact) mass is 366 g/mol. The van der Waals surface area contributed by atoms with Crippen LogP contribution in [0.4, 0.5) is 5.82 Å². The van der Waals surface area contributed by atoms with Gasteiger partial charge < -0.3 is 9.80 Å². The van der Waals surface area contributed by atoms with Crippen LogP contribution in [-0.4, -0.2) is 46.2 Å². The first kappa shape index (κ1) is 19.3. The standard InChI is InChI=1S/C22H30N4O/c1-15(2)20-9-7-19(8-10-20)12-22(27)25-13-17(4)26(18(5)14-25)21-11-6-16(3)23-24-21/h6-11,15,17-18H,12-14H2,1-5H3/t17-,18+. The summed E-state index contributed by atoms with van der Waals surface area (Å²) in [6, 6.07) is 12.8. The molecule has 1 saturated heterocycles. The Morgan fingerprint density at radius 2 is 1.67 bits per heavy atom. The summed E-state index contributed by atoms with van der Waals surface area (Å²) in [6.07, 6.45) is 0.460. The van der Waals surface area contributed by atoms with Crippen LogP contribution in [0.1, 0.15) is 50.4 Å². The molecule has 0 spiro atoms. The van der Waals surface area contributed by atoms with Gasteiger partial charge in [0, 0.05) is 25.2 Å². The van der Waals surface area contributed by atoms with Crippen LogP contribution < -0.4 is 4.90 Å². The fraction of sp³-hybridized carbons (Fsp3) is 0.500. The molecule has 2 heterocycles. The SMILES string of the molecule is Cc1ccc(N2[C@H](C)CN(C(=O)Cc3ccc(C(C)C)cc3)C[C@@H]2C)nn1. The van der Waals surface area contributed by atoms with E-state index in [0.717, 1.165) is 17.1 Å². The lowest BCUT2D eigenvalue weighted by atomic mass is 10.0. The number of amides is 1. The fourth-order valence-electron chi connectivity index (χ4n) is 3.81. The van der Waals surface area contributed by atoms with Gasteiger partial charge in [0.25, 0.3) is 0 Å². The maximum atomic E-state index is 12.8. The van der Waals surface area contributed by atoms with E-state index in [1.165, 1.54) is 5.56 Å². The molecule has 1 aromatic carbocycles. The van der Waals surface area contributed by atoms with Crippen LogP contribution in [0, 0.1) is 6.92 Å². The molecule has 3 rings (SSSR count). The molecule has 1 aliphatic heterocycles. The van der Waals surface area contributed by atoms with Gasteiger partial charge >= 0.3 is 0 Å². The molecule has 0 aliphatic carbocycles. The lowest BCUT2D eigenvalue weighted by Crippen LogP contribution is -2.58. The van der Waals surface area contributed by atoms with Gasteiger partial charge in [0.05, 0.1) is 12.1 Å². The van der Waals surface area contributed by atoms with Gasteiger partial charge in [0.2, 0.25) is 5.91 Å². The number of hydrogen-bond donors (Lipinski definition) is 0. The smallest absolute Gasteiger partial charge is 0.227 e. The van der Waals surface area contributed by atoms with E-state index in [1.807, 2.05) is 24.0 Å². The highest BCUT2D eigenvalue weighted by atomic mass is 16.2. The fourth-order valence-corrected chi connectivity index (χ4v) is 3.81. The Hall–Kier alpha value is -2.43. The Balaban J connectivity index is 1.65. The van der Waals surface area contributed by atoms with E-state index in [2.05, 4.69) is 67.1 Å². The van der Waals surface area contributed by atoms with Crippen LogP contribution in [0.5, 0.6) is 0 Å². The first-order chi connectivity index (χ1) is 12.8. The van der Waals surface area contributed by atoms with Crippen LogP contribution in [0.2, 0.25) is 0 Å². The van der Waals surface area contributed by atoms with Crippen molar-refractivity contribution in [3.63, 3.8) is 0 Å². The third-order valence-corrected chi connectivity index (χ3v) is 5.32. The highest BCUT2D eigenvalue weighted by Crippen LogP contribution is 2.23. The minimum atomic E-state index is 0.195. The van der Waals surface area contributed by atoms with E-state index in [-0.39, 0.29) is 18.0 Å². The second-order valence-electron chi connectivity index (χ2n) is 8.01. The second kappa shape index (κ2) is 8.07. The molecule has 1 aromatic heterocycles. The summed E-state index contributed by atoms with van der Waals surface area (Å²) in [6.45, 7) is 12.0. The van der Waals surface area contributed by atoms with Crippen LogP contribution >= 0.6 is 0 Å². The van der Waals surface area contributed by atoms with Gasteiger partial charge in [-0.05, 0) is 49.9 Å². The number of carbonyl (C=O) groups excluding carboxylic acids is 1. The molecule has 2 atom stereocenters. The summed E-state index contributed by atoms with van der Waals surface area (Å²) in [4.78, 5) is 17.1. The van der Waals surface area contributed by atoms with Crippen LogP contribution in [0.3, 0.4) is 0 Å². The van der Waals surface area contributed by atoms with Gasteiger partial charge in [0.15, 0.2) is 5.82 Å². The average Bonchev–Trinajstić information content (AvgIpc) is 2.63. The van der Waals surface area contributed by atoms with Crippen molar-refractivity contribution in [1.29, 1.82) is 0 Å². The third-order valence-electron chi connectivity index (χ3n) is 5.32. The predicted octanol–water partition coefficient (Wildman–Crippen LogP) is 3.58. The maximum absolute atomic E-state index is 12.8. The third kappa shape index (κ3) is 4.46. The molecule has 5 heteroatoms. The lowest BCUT2D eigenvalue weighted by Gasteiger charge is -2.45. The first-order valence-electron chi connectivity index (χ1n) is 9.80. The van der Waals surface area contributed by atoms with Crippen molar-refractivity contribution < 1.29 is 4.79 Å². The Morgan fingerprint density at radius 1 is 1.04 bits per heavy atom. The number of carbonyl (C=O) groups is 1. The molecular weight excluding hydrogens is 336 g/mol. The zero-order chi connectivity index (χ0) is 19.6. The summed E-state index contributed by atoms with van der Waals surface area (Å²) in [5.41, 5.74) is 3.30. The molecule has 0 N–H and O–H groups in total. The number of aromatic nitrogens is 2. The molecule has 1 aliphatic rings. The molecule has 2 aromatic rings. The Morgan fingerprint density at radius 3 is 2.19 bits per heavy atom. The van der Waals surface area contributed by atoms with Gasteiger partial charge in [0.1, 0.15) is 0 Å². The molecule has 27 heavy (non-hydrogen) atoms. The van der Waals surface area contributed by atoms with Crippen LogP contribution in [-0.2, 0) is 11.2 Å². The van der Waals surface area contributed by atoms with Gasteiger partial charge in [-0.2, -0.15) is 5.10 Å². The van der Waals surface area contributed by atoms with Crippen molar-refractivity contribution in [3.05, 3.63) is 53.2 Å². The number of benzene rings is 1.